The molecule has 0 amide bonds. The van der Waals surface area contributed by atoms with E-state index in [1.54, 1.807) is 48.5 Å². The molecule has 0 fully saturated rings. The molecule has 14 heteroatoms. The second-order valence-corrected chi connectivity index (χ2v) is 9.15. The third-order valence-corrected chi connectivity index (χ3v) is 5.98. The quantitative estimate of drug-likeness (QED) is 0.253. The van der Waals surface area contributed by atoms with Gasteiger partial charge in [0, 0.05) is 23.3 Å². The number of alkyl halides is 2. The Bertz CT molecular complexity index is 1610. The van der Waals surface area contributed by atoms with Crippen LogP contribution in [0.5, 0.6) is 17.4 Å². The molecule has 4 rings (SSSR count). The number of nitrogens with zero attached hydrogens (tertiary/aromatic N) is 4. The number of methoxy groups -OCH3 is 1. The zero-order valence-electron chi connectivity index (χ0n) is 21.8. The molecule has 0 saturated carbocycles. The van der Waals surface area contributed by atoms with E-state index in [0.29, 0.717) is 22.0 Å². The molecule has 4 aromatic rings. The van der Waals surface area contributed by atoms with Crippen molar-refractivity contribution in [3.05, 3.63) is 98.4 Å². The van der Waals surface area contributed by atoms with Crippen LogP contribution in [0.2, 0.25) is 5.02 Å². The third kappa shape index (κ3) is 7.66. The Hall–Kier alpha value is -4.78. The summed E-state index contributed by atoms with van der Waals surface area (Å²) in [5.74, 6) is -0.935. The van der Waals surface area contributed by atoms with Crippen LogP contribution >= 0.6 is 11.6 Å². The molecule has 2 aromatic carbocycles. The van der Waals surface area contributed by atoms with E-state index in [1.165, 1.54) is 30.7 Å². The van der Waals surface area contributed by atoms with Crippen LogP contribution in [0.4, 0.5) is 20.4 Å². The maximum atomic E-state index is 13.4. The van der Waals surface area contributed by atoms with Crippen molar-refractivity contribution in [2.24, 2.45) is 5.92 Å². The van der Waals surface area contributed by atoms with Gasteiger partial charge in [-0.3, -0.25) is 9.36 Å². The molecule has 2 aromatic heterocycles. The molecule has 11 nitrogen and oxygen atoms in total. The van der Waals surface area contributed by atoms with Gasteiger partial charge in [0.05, 0.1) is 25.8 Å². The molecule has 41 heavy (non-hydrogen) atoms. The Kier molecular flexibility index (Phi) is 9.30. The summed E-state index contributed by atoms with van der Waals surface area (Å²) < 4.78 is 41.4. The standard InChI is InChI=1S/C27H24ClF2N5O6/c1-16(23(36)39-2)14-35-26(37)33-25(34(27(35)38)15-17-3-5-18(28)6-4-17)32-19-7-9-20(10-8-19)40-22-12-11-21(13-31-22)41-24(29)30/h3-13,16,24H,14-15H2,1-2H3,(H,32,33,37). The van der Waals surface area contributed by atoms with Gasteiger partial charge >= 0.3 is 24.0 Å². The number of nitrogens with one attached hydrogen (secondary N) is 1. The van der Waals surface area contributed by atoms with Gasteiger partial charge in [-0.1, -0.05) is 30.7 Å². The van der Waals surface area contributed by atoms with E-state index in [2.05, 4.69) is 20.0 Å². The maximum absolute atomic E-state index is 13.4. The van der Waals surface area contributed by atoms with Gasteiger partial charge in [-0.05, 0) is 48.0 Å². The minimum atomic E-state index is -2.96. The molecule has 0 spiro atoms. The Labute approximate surface area is 236 Å². The number of carbonyl (C=O) groups excluding carboxylic acids is 1. The molecule has 0 aliphatic carbocycles. The van der Waals surface area contributed by atoms with E-state index < -0.39 is 29.9 Å². The number of hydrogen-bond acceptors (Lipinski definition) is 9. The summed E-state index contributed by atoms with van der Waals surface area (Å²) >= 11 is 5.99. The molecule has 1 N–H and O–H groups in total. The topological polar surface area (TPSA) is 127 Å². The zero-order chi connectivity index (χ0) is 29.5. The van der Waals surface area contributed by atoms with Crippen molar-refractivity contribution < 1.29 is 27.8 Å². The van der Waals surface area contributed by atoms with Crippen molar-refractivity contribution >= 4 is 29.2 Å². The van der Waals surface area contributed by atoms with Crippen LogP contribution in [0.25, 0.3) is 0 Å². The van der Waals surface area contributed by atoms with Crippen LogP contribution < -0.4 is 26.2 Å². The second-order valence-electron chi connectivity index (χ2n) is 8.71. The fraction of sp³-hybridized carbons (Fsp3) is 0.222. The molecule has 0 bridgehead atoms. The number of carbonyl (C=O) groups is 1. The van der Waals surface area contributed by atoms with Crippen LogP contribution in [-0.2, 0) is 22.6 Å². The lowest BCUT2D eigenvalue weighted by Crippen LogP contribution is -2.44. The number of rotatable bonds is 11. The molecule has 1 unspecified atom stereocenters. The van der Waals surface area contributed by atoms with Crippen molar-refractivity contribution in [3.63, 3.8) is 0 Å². The second kappa shape index (κ2) is 13.0. The number of esters is 1. The highest BCUT2D eigenvalue weighted by Gasteiger charge is 2.20. The fourth-order valence-electron chi connectivity index (χ4n) is 3.70. The minimum absolute atomic E-state index is 0.0260. The summed E-state index contributed by atoms with van der Waals surface area (Å²) in [6.07, 6.45) is 1.11. The third-order valence-electron chi connectivity index (χ3n) is 5.73. The highest BCUT2D eigenvalue weighted by Crippen LogP contribution is 2.24. The number of aromatic nitrogens is 4. The molecule has 0 aliphatic rings. The Morgan fingerprint density at radius 3 is 2.29 bits per heavy atom. The van der Waals surface area contributed by atoms with Crippen LogP contribution in [0, 0.1) is 5.92 Å². The van der Waals surface area contributed by atoms with E-state index >= 15 is 0 Å². The van der Waals surface area contributed by atoms with Gasteiger partial charge in [-0.2, -0.15) is 13.8 Å². The van der Waals surface area contributed by atoms with E-state index in [9.17, 15) is 23.2 Å². The molecule has 0 aliphatic heterocycles. The lowest BCUT2D eigenvalue weighted by Gasteiger charge is -2.17. The van der Waals surface area contributed by atoms with Gasteiger partial charge in [-0.15, -0.1) is 0 Å². The maximum Gasteiger partial charge on any atom is 0.387 e. The van der Waals surface area contributed by atoms with E-state index in [-0.39, 0.29) is 30.7 Å². The molecular weight excluding hydrogens is 564 g/mol. The van der Waals surface area contributed by atoms with Crippen LogP contribution in [-0.4, -0.2) is 38.8 Å². The summed E-state index contributed by atoms with van der Waals surface area (Å²) in [6.45, 7) is -1.58. The van der Waals surface area contributed by atoms with Crippen LogP contribution in [0.15, 0.2) is 76.4 Å². The first kappa shape index (κ1) is 29.2. The molecule has 0 radical (unpaired) electrons. The molecule has 2 heterocycles. The largest absolute Gasteiger partial charge is 0.469 e. The highest BCUT2D eigenvalue weighted by atomic mass is 35.5. The Morgan fingerprint density at radius 2 is 1.68 bits per heavy atom. The van der Waals surface area contributed by atoms with Crippen LogP contribution in [0.3, 0.4) is 0 Å². The van der Waals surface area contributed by atoms with Crippen molar-refractivity contribution in [2.75, 3.05) is 12.4 Å². The summed E-state index contributed by atoms with van der Waals surface area (Å²) in [5, 5.41) is 3.50. The number of anilines is 2. The number of halogens is 3. The summed E-state index contributed by atoms with van der Waals surface area (Å²) in [5.41, 5.74) is -0.328. The number of hydrogen-bond donors (Lipinski definition) is 1. The van der Waals surface area contributed by atoms with Gasteiger partial charge in [0.2, 0.25) is 11.8 Å². The SMILES string of the molecule is COC(=O)C(C)Cn1c(=O)nc(Nc2ccc(Oc3ccc(OC(F)F)cn3)cc2)n(Cc2ccc(Cl)cc2)c1=O. The van der Waals surface area contributed by atoms with Gasteiger partial charge in [-0.25, -0.2) is 19.1 Å². The van der Waals surface area contributed by atoms with Gasteiger partial charge in [0.1, 0.15) is 11.5 Å². The number of pyridine rings is 1. The van der Waals surface area contributed by atoms with E-state index in [1.807, 2.05) is 0 Å². The van der Waals surface area contributed by atoms with Crippen molar-refractivity contribution in [2.45, 2.75) is 26.6 Å². The summed E-state index contributed by atoms with van der Waals surface area (Å²) in [6, 6.07) is 15.9. The lowest BCUT2D eigenvalue weighted by molar-refractivity contribution is -0.145. The molecule has 214 valence electrons. The monoisotopic (exact) mass is 587 g/mol. The predicted molar refractivity (Wildman–Crippen MR) is 145 cm³/mol. The van der Waals surface area contributed by atoms with Crippen molar-refractivity contribution in [1.82, 2.24) is 19.1 Å². The predicted octanol–water partition coefficient (Wildman–Crippen LogP) is 4.45. The average molecular weight is 588 g/mol. The first-order valence-corrected chi connectivity index (χ1v) is 12.5. The number of ether oxygens (including phenoxy) is 3. The van der Waals surface area contributed by atoms with Gasteiger partial charge in [0.25, 0.3) is 0 Å². The first-order valence-electron chi connectivity index (χ1n) is 12.1. The molecule has 0 saturated heterocycles. The van der Waals surface area contributed by atoms with Crippen molar-refractivity contribution in [3.8, 4) is 17.4 Å². The molecule has 1 atom stereocenters. The molecular formula is C27H24ClF2N5O6. The Balaban J connectivity index is 1.59. The highest BCUT2D eigenvalue weighted by molar-refractivity contribution is 6.30. The van der Waals surface area contributed by atoms with Crippen LogP contribution in [0.1, 0.15) is 12.5 Å². The average Bonchev–Trinajstić information content (AvgIpc) is 2.95. The van der Waals surface area contributed by atoms with Crippen molar-refractivity contribution in [1.29, 1.82) is 0 Å². The number of benzene rings is 2. The summed E-state index contributed by atoms with van der Waals surface area (Å²) in [4.78, 5) is 46.2. The first-order chi connectivity index (χ1) is 19.6. The minimum Gasteiger partial charge on any atom is -0.469 e. The zero-order valence-corrected chi connectivity index (χ0v) is 22.5. The summed E-state index contributed by atoms with van der Waals surface area (Å²) in [7, 11) is 1.22. The van der Waals surface area contributed by atoms with Gasteiger partial charge in [0.15, 0.2) is 0 Å². The van der Waals surface area contributed by atoms with Gasteiger partial charge < -0.3 is 19.5 Å². The lowest BCUT2D eigenvalue weighted by atomic mass is 10.2. The Morgan fingerprint density at radius 1 is 1.00 bits per heavy atom. The van der Waals surface area contributed by atoms with E-state index in [4.69, 9.17) is 21.1 Å². The normalized spacial score (nSPS) is 11.7. The smallest absolute Gasteiger partial charge is 0.387 e. The van der Waals surface area contributed by atoms with E-state index in [0.717, 1.165) is 10.8 Å². The fourth-order valence-corrected chi connectivity index (χ4v) is 3.83.